The van der Waals surface area contributed by atoms with Gasteiger partial charge in [0.15, 0.2) is 0 Å². The van der Waals surface area contributed by atoms with E-state index in [0.717, 1.165) is 0 Å². The number of rotatable bonds is 5. The number of nitrogens with two attached hydrogens (primary N) is 1. The molecule has 0 spiro atoms. The van der Waals surface area contributed by atoms with Crippen LogP contribution in [-0.4, -0.2) is 34.4 Å². The highest BCUT2D eigenvalue weighted by atomic mass is 16.4. The van der Waals surface area contributed by atoms with Gasteiger partial charge < -0.3 is 15.9 Å². The van der Waals surface area contributed by atoms with Crippen molar-refractivity contribution in [2.45, 2.75) is 25.6 Å². The minimum atomic E-state index is -1.15. The smallest absolute Gasteiger partial charge is 0.305 e. The molecule has 0 bridgehead atoms. The van der Waals surface area contributed by atoms with Gasteiger partial charge in [0.2, 0.25) is 5.91 Å². The molecule has 0 aromatic heterocycles. The van der Waals surface area contributed by atoms with Gasteiger partial charge >= 0.3 is 5.97 Å². The Morgan fingerprint density at radius 2 is 2.08 bits per heavy atom. The van der Waals surface area contributed by atoms with Gasteiger partial charge in [-0.15, -0.1) is 0 Å². The molecule has 12 heavy (non-hydrogen) atoms. The summed E-state index contributed by atoms with van der Waals surface area (Å²) in [5, 5.41) is 19.4. The van der Waals surface area contributed by atoms with E-state index in [4.69, 9.17) is 15.9 Å². The second-order valence-electron chi connectivity index (χ2n) is 2.40. The summed E-state index contributed by atoms with van der Waals surface area (Å²) in [5.74, 6) is -1.94. The Bertz CT molecular complexity index is 180. The highest BCUT2D eigenvalue weighted by molar-refractivity contribution is 5.84. The maximum atomic E-state index is 10.6. The summed E-state index contributed by atoms with van der Waals surface area (Å²) in [7, 11) is 0. The van der Waals surface area contributed by atoms with Crippen molar-refractivity contribution < 1.29 is 19.8 Å². The first-order valence-corrected chi connectivity index (χ1v) is 3.38. The Labute approximate surface area is 69.4 Å². The van der Waals surface area contributed by atoms with Crippen LogP contribution in [-0.2, 0) is 9.59 Å². The molecule has 0 saturated heterocycles. The van der Waals surface area contributed by atoms with E-state index in [1.165, 1.54) is 6.92 Å². The standard InChI is InChI=1S/C6H12N2O4/c1-3(9)8-4(6(7)12)2-5(10)11/h3-4,8-9H,2H2,1H3,(H2,7,12)(H,10,11). The van der Waals surface area contributed by atoms with E-state index in [1.54, 1.807) is 0 Å². The van der Waals surface area contributed by atoms with Crippen molar-refractivity contribution in [1.29, 1.82) is 0 Å². The number of nitrogens with one attached hydrogen (secondary N) is 1. The number of primary amides is 1. The van der Waals surface area contributed by atoms with Crippen molar-refractivity contribution in [2.75, 3.05) is 0 Å². The van der Waals surface area contributed by atoms with Gasteiger partial charge in [0.1, 0.15) is 6.23 Å². The van der Waals surface area contributed by atoms with Crippen LogP contribution in [0.4, 0.5) is 0 Å². The van der Waals surface area contributed by atoms with E-state index < -0.39 is 30.6 Å². The van der Waals surface area contributed by atoms with Gasteiger partial charge in [-0.3, -0.25) is 14.9 Å². The van der Waals surface area contributed by atoms with E-state index in [2.05, 4.69) is 5.32 Å². The number of aliphatic hydroxyl groups is 1. The quantitative estimate of drug-likeness (QED) is 0.371. The lowest BCUT2D eigenvalue weighted by molar-refractivity contribution is -0.139. The zero-order valence-electron chi connectivity index (χ0n) is 6.65. The van der Waals surface area contributed by atoms with Crippen molar-refractivity contribution in [1.82, 2.24) is 5.32 Å². The number of carboxylic acid groups (broad SMARTS) is 1. The van der Waals surface area contributed by atoms with Crippen LogP contribution in [0.15, 0.2) is 0 Å². The molecule has 6 nitrogen and oxygen atoms in total. The van der Waals surface area contributed by atoms with Crippen molar-refractivity contribution in [3.8, 4) is 0 Å². The summed E-state index contributed by atoms with van der Waals surface area (Å²) < 4.78 is 0. The average Bonchev–Trinajstić information content (AvgIpc) is 1.83. The Balaban J connectivity index is 4.04. The fourth-order valence-electron chi connectivity index (χ4n) is 0.707. The van der Waals surface area contributed by atoms with E-state index >= 15 is 0 Å². The maximum absolute atomic E-state index is 10.6. The number of amides is 1. The van der Waals surface area contributed by atoms with Crippen molar-refractivity contribution in [2.24, 2.45) is 5.73 Å². The lowest BCUT2D eigenvalue weighted by Gasteiger charge is -2.14. The van der Waals surface area contributed by atoms with Crippen molar-refractivity contribution >= 4 is 11.9 Å². The molecule has 0 aromatic rings. The fraction of sp³-hybridized carbons (Fsp3) is 0.667. The summed E-state index contributed by atoms with van der Waals surface area (Å²) in [4.78, 5) is 20.7. The van der Waals surface area contributed by atoms with Gasteiger partial charge in [-0.2, -0.15) is 0 Å². The zero-order chi connectivity index (χ0) is 9.72. The predicted octanol–water partition coefficient (Wildman–Crippen LogP) is -1.76. The van der Waals surface area contributed by atoms with Gasteiger partial charge in [-0.25, -0.2) is 0 Å². The number of carbonyl (C=O) groups excluding carboxylic acids is 1. The first-order chi connectivity index (χ1) is 5.43. The molecule has 0 aliphatic rings. The third-order valence-electron chi connectivity index (χ3n) is 1.16. The molecule has 6 heteroatoms. The topological polar surface area (TPSA) is 113 Å². The molecule has 0 aliphatic carbocycles. The molecular weight excluding hydrogens is 164 g/mol. The number of hydrogen-bond donors (Lipinski definition) is 4. The molecule has 0 fully saturated rings. The summed E-state index contributed by atoms with van der Waals surface area (Å²) in [6.45, 7) is 1.37. The highest BCUT2D eigenvalue weighted by Crippen LogP contribution is 1.92. The van der Waals surface area contributed by atoms with Crippen LogP contribution in [0.25, 0.3) is 0 Å². The van der Waals surface area contributed by atoms with Gasteiger partial charge in [0.05, 0.1) is 12.5 Å². The van der Waals surface area contributed by atoms with Crippen LogP contribution in [0, 0.1) is 0 Å². The molecule has 5 N–H and O–H groups in total. The summed E-state index contributed by atoms with van der Waals surface area (Å²) in [5.41, 5.74) is 4.86. The van der Waals surface area contributed by atoms with E-state index in [1.807, 2.05) is 0 Å². The summed E-state index contributed by atoms with van der Waals surface area (Å²) in [6, 6.07) is -1.03. The Morgan fingerprint density at radius 3 is 2.33 bits per heavy atom. The van der Waals surface area contributed by atoms with Crippen LogP contribution in [0.5, 0.6) is 0 Å². The largest absolute Gasteiger partial charge is 0.481 e. The molecular formula is C6H12N2O4. The molecule has 0 heterocycles. The van der Waals surface area contributed by atoms with Gasteiger partial charge in [-0.1, -0.05) is 0 Å². The van der Waals surface area contributed by atoms with Crippen LogP contribution in [0.2, 0.25) is 0 Å². The number of hydrogen-bond acceptors (Lipinski definition) is 4. The van der Waals surface area contributed by atoms with E-state index in [-0.39, 0.29) is 0 Å². The third kappa shape index (κ3) is 4.64. The van der Waals surface area contributed by atoms with Gasteiger partial charge in [-0.05, 0) is 6.92 Å². The maximum Gasteiger partial charge on any atom is 0.305 e. The Hall–Kier alpha value is -1.14. The van der Waals surface area contributed by atoms with Gasteiger partial charge in [0, 0.05) is 0 Å². The molecule has 2 unspecified atom stereocenters. The molecule has 1 amide bonds. The number of carboxylic acids is 1. The summed E-state index contributed by atoms with van der Waals surface area (Å²) >= 11 is 0. The van der Waals surface area contributed by atoms with Crippen LogP contribution in [0.3, 0.4) is 0 Å². The predicted molar refractivity (Wildman–Crippen MR) is 40.1 cm³/mol. The van der Waals surface area contributed by atoms with Crippen LogP contribution in [0.1, 0.15) is 13.3 Å². The lowest BCUT2D eigenvalue weighted by atomic mass is 10.2. The Kier molecular flexibility index (Phi) is 4.24. The first kappa shape index (κ1) is 10.9. The van der Waals surface area contributed by atoms with E-state index in [0.29, 0.717) is 0 Å². The zero-order valence-corrected chi connectivity index (χ0v) is 6.65. The number of carbonyl (C=O) groups is 2. The second-order valence-corrected chi connectivity index (χ2v) is 2.40. The lowest BCUT2D eigenvalue weighted by Crippen LogP contribution is -2.46. The minimum absolute atomic E-state index is 0.430. The van der Waals surface area contributed by atoms with E-state index in [9.17, 15) is 9.59 Å². The SMILES string of the molecule is CC(O)NC(CC(=O)O)C(N)=O. The molecule has 0 rings (SSSR count). The summed E-state index contributed by atoms with van der Waals surface area (Å²) in [6.07, 6.45) is -1.39. The third-order valence-corrected chi connectivity index (χ3v) is 1.16. The van der Waals surface area contributed by atoms with Crippen LogP contribution >= 0.6 is 0 Å². The molecule has 0 saturated carbocycles. The molecule has 0 aromatic carbocycles. The molecule has 70 valence electrons. The fourth-order valence-corrected chi connectivity index (χ4v) is 0.707. The molecule has 0 radical (unpaired) electrons. The average molecular weight is 176 g/mol. The normalized spacial score (nSPS) is 15.2. The molecule has 0 aliphatic heterocycles. The van der Waals surface area contributed by atoms with Crippen LogP contribution < -0.4 is 11.1 Å². The van der Waals surface area contributed by atoms with Crippen molar-refractivity contribution in [3.05, 3.63) is 0 Å². The Morgan fingerprint density at radius 1 is 1.58 bits per heavy atom. The minimum Gasteiger partial charge on any atom is -0.481 e. The number of aliphatic hydroxyl groups excluding tert-OH is 1. The highest BCUT2D eigenvalue weighted by Gasteiger charge is 2.19. The monoisotopic (exact) mass is 176 g/mol. The second kappa shape index (κ2) is 4.68. The van der Waals surface area contributed by atoms with Crippen molar-refractivity contribution in [3.63, 3.8) is 0 Å². The number of aliphatic carboxylic acids is 1. The first-order valence-electron chi connectivity index (χ1n) is 3.38. The van der Waals surface area contributed by atoms with Gasteiger partial charge in [0.25, 0.3) is 0 Å². The molecule has 2 atom stereocenters.